The second-order valence-electron chi connectivity index (χ2n) is 36.4. The number of hydrogen-bond acceptors (Lipinski definition) is 30. The maximum absolute atomic E-state index is 14.4. The lowest BCUT2D eigenvalue weighted by Gasteiger charge is -2.48. The summed E-state index contributed by atoms with van der Waals surface area (Å²) in [7, 11) is -15.5. The Kier molecular flexibility index (Phi) is 30.1. The zero-order chi connectivity index (χ0) is 98.9. The number of hydrogen-bond donors (Lipinski definition) is 6. The van der Waals surface area contributed by atoms with E-state index in [1.54, 1.807) is 60.7 Å². The Morgan fingerprint density at radius 3 is 0.800 bits per heavy atom. The quantitative estimate of drug-likeness (QED) is 0.0343. The van der Waals surface area contributed by atoms with Gasteiger partial charge in [0.25, 0.3) is 51.9 Å². The van der Waals surface area contributed by atoms with Gasteiger partial charge in [0, 0.05) is 205 Å². The Morgan fingerprint density at radius 2 is 0.571 bits per heavy atom. The first-order valence-corrected chi connectivity index (χ1v) is 54.2. The average Bonchev–Trinajstić information content (AvgIpc) is 0.834. The Hall–Kier alpha value is -10.6. The van der Waals surface area contributed by atoms with Crippen LogP contribution in [0.3, 0.4) is 0 Å². The number of ether oxygens (including phenoxy) is 4. The molecule has 140 heavy (non-hydrogen) atoms. The molecule has 0 unspecified atom stereocenters. The smallest absolute Gasteiger partial charge is 0.263 e. The van der Waals surface area contributed by atoms with Gasteiger partial charge in [-0.2, -0.15) is 17.5 Å². The number of aliphatic hydroxyl groups is 2. The van der Waals surface area contributed by atoms with Crippen molar-refractivity contribution in [3.8, 4) is 23.0 Å². The maximum atomic E-state index is 14.4. The first-order valence-electron chi connectivity index (χ1n) is 45.2. The van der Waals surface area contributed by atoms with E-state index in [0.29, 0.717) is 73.4 Å². The van der Waals surface area contributed by atoms with Crippen LogP contribution in [-0.4, -0.2) is 177 Å². The summed E-state index contributed by atoms with van der Waals surface area (Å²) in [5.74, 6) is -5.00. The molecule has 4 fully saturated rings. The van der Waals surface area contributed by atoms with E-state index in [1.807, 2.05) is 73.9 Å². The molecule has 12 heterocycles. The average molecular weight is 2090 g/mol. The number of likely N-dealkylation sites (tertiary alicyclic amines) is 4. The van der Waals surface area contributed by atoms with E-state index in [9.17, 15) is 79.0 Å². The van der Waals surface area contributed by atoms with Crippen molar-refractivity contribution in [3.63, 3.8) is 0 Å². The summed E-state index contributed by atoms with van der Waals surface area (Å²) in [5.41, 5.74) is 4.91. The molecular weight excluding hydrogens is 1990 g/mol. The number of alkyl halides is 4. The molecule has 4 saturated heterocycles. The minimum atomic E-state index is -3.90. The topological polar surface area (TPSA) is 378 Å². The van der Waals surface area contributed by atoms with Crippen molar-refractivity contribution in [1.29, 1.82) is 0 Å². The second kappa shape index (κ2) is 41.8. The van der Waals surface area contributed by atoms with Crippen LogP contribution in [0.4, 0.5) is 55.6 Å². The van der Waals surface area contributed by atoms with Crippen molar-refractivity contribution in [3.05, 3.63) is 263 Å². The zero-order valence-corrected chi connectivity index (χ0v) is 82.4. The van der Waals surface area contributed by atoms with Crippen LogP contribution in [0, 0.1) is 35.1 Å². The number of anilines is 4. The van der Waals surface area contributed by atoms with Crippen LogP contribution in [0.25, 0.3) is 0 Å². The van der Waals surface area contributed by atoms with Crippen molar-refractivity contribution >= 4 is 107 Å². The second-order valence-corrected chi connectivity index (χ2v) is 46.3. The summed E-state index contributed by atoms with van der Waals surface area (Å²) in [6.45, 7) is 10.7. The monoisotopic (exact) mass is 2080 g/mol. The normalized spacial score (nSPS) is 22.8. The molecule has 0 aliphatic carbocycles. The van der Waals surface area contributed by atoms with Gasteiger partial charge in [-0.3, -0.25) is 38.5 Å². The van der Waals surface area contributed by atoms with Gasteiger partial charge in [0.2, 0.25) is 20.5 Å². The van der Waals surface area contributed by atoms with Gasteiger partial charge in [0.15, 0.2) is 0 Å². The van der Waals surface area contributed by atoms with Crippen LogP contribution in [-0.2, 0) is 40.1 Å². The highest BCUT2D eigenvalue weighted by Crippen LogP contribution is 2.54. The molecule has 8 aromatic carbocycles. The Morgan fingerprint density at radius 1 is 0.336 bits per heavy atom. The molecule has 0 saturated carbocycles. The van der Waals surface area contributed by atoms with Crippen LogP contribution in [0.1, 0.15) is 198 Å². The van der Waals surface area contributed by atoms with Crippen molar-refractivity contribution in [2.45, 2.75) is 196 Å². The molecule has 46 heteroatoms. The number of rotatable bonds is 22. The number of fused-ring (bicyclic) bond motifs is 4. The molecule has 0 bridgehead atoms. The van der Waals surface area contributed by atoms with E-state index in [1.165, 1.54) is 98.1 Å². The summed E-state index contributed by atoms with van der Waals surface area (Å²) < 4.78 is 263. The van der Waals surface area contributed by atoms with Gasteiger partial charge in [-0.05, 0) is 173 Å². The number of aromatic nitrogens is 8. The zero-order valence-electron chi connectivity index (χ0n) is 75.8. The van der Waals surface area contributed by atoms with Crippen LogP contribution in [0.15, 0.2) is 215 Å². The highest BCUT2D eigenvalue weighted by atomic mass is 32.2. The predicted octanol–water partition coefficient (Wildman–Crippen LogP) is 18.6. The first kappa shape index (κ1) is 101. The fraction of sp³-hybridized carbons (Fsp3) is 0.404. The molecular formula is C94H100F8N16O14S8. The molecule has 744 valence electrons. The first-order chi connectivity index (χ1) is 66.7. The third-order valence-corrected chi connectivity index (χ3v) is 34.9. The molecule has 12 aromatic rings. The van der Waals surface area contributed by atoms with E-state index in [0.717, 1.165) is 131 Å². The Balaban J connectivity index is 0.000000129. The van der Waals surface area contributed by atoms with E-state index < -0.39 is 86.9 Å². The molecule has 4 aromatic heterocycles. The highest BCUT2D eigenvalue weighted by Gasteiger charge is 2.49. The summed E-state index contributed by atoms with van der Waals surface area (Å²) in [4.78, 5) is 24.4. The van der Waals surface area contributed by atoms with Gasteiger partial charge >= 0.3 is 0 Å². The number of nitrogens with one attached hydrogen (secondary N) is 4. The van der Waals surface area contributed by atoms with Crippen molar-refractivity contribution in [2.24, 2.45) is 11.8 Å². The van der Waals surface area contributed by atoms with Crippen molar-refractivity contribution in [1.82, 2.24) is 57.0 Å². The van der Waals surface area contributed by atoms with E-state index >= 15 is 0 Å². The fourth-order valence-corrected chi connectivity index (χ4v) is 26.4. The van der Waals surface area contributed by atoms with Gasteiger partial charge in [-0.15, -0.1) is 0 Å². The minimum Gasteiger partial charge on any atom is -0.493 e. The van der Waals surface area contributed by atoms with Crippen molar-refractivity contribution in [2.75, 3.05) is 71.5 Å². The standard InChI is InChI=1S/2C25H29FN4O4S2.2C22H21F3N4O3S2/c2*1-25(2,31)17-9-11-30(22(13-17)16-3-5-18(26)6-4-16)21-10-12-34-23-14-19(7-8-20(21)23)36(32,33)29-24-27-15-28-35-24;2*23-15-3-1-14(2-4-15)19-12-22(24,25)8-9-29(19)18-7-10-32-20-11-16(5-6-17(18)20)34(30,31)28-21-26-13-27-33-21/h2*3-8,14-15,17,21-22,31H,9-13H2,1-2H3,(H,27,28,29);2*1-6,11,13,18-19H,7-10,12H2,(H,26,27,28)/t17-,21+,22+;17-,21-,22+;18-,19+;18-,19-/m0010/s1. The number of nitrogens with zero attached hydrogens (tertiary/aromatic N) is 12. The molecule has 0 amide bonds. The third-order valence-electron chi connectivity index (χ3n) is 26.7. The number of piperidine rings is 4. The lowest BCUT2D eigenvalue weighted by Crippen LogP contribution is -2.45. The summed E-state index contributed by atoms with van der Waals surface area (Å²) in [5, 5.41) is 22.2. The number of benzene rings is 8. The van der Waals surface area contributed by atoms with Crippen LogP contribution < -0.4 is 37.8 Å². The lowest BCUT2D eigenvalue weighted by molar-refractivity contribution is -0.0936. The lowest BCUT2D eigenvalue weighted by atomic mass is 9.77. The van der Waals surface area contributed by atoms with E-state index in [2.05, 4.69) is 66.1 Å². The number of halogens is 8. The molecule has 8 aliphatic heterocycles. The maximum Gasteiger partial charge on any atom is 0.263 e. The van der Waals surface area contributed by atoms with Gasteiger partial charge in [0.05, 0.1) is 57.2 Å². The Bertz CT molecular complexity index is 6380. The van der Waals surface area contributed by atoms with Crippen LogP contribution in [0.2, 0.25) is 0 Å². The molecule has 10 atom stereocenters. The van der Waals surface area contributed by atoms with Crippen molar-refractivity contribution < 1.29 is 98.0 Å². The summed E-state index contributed by atoms with van der Waals surface area (Å²) in [6.07, 6.45) is 9.52. The third kappa shape index (κ3) is 23.6. The van der Waals surface area contributed by atoms with Gasteiger partial charge in [0.1, 0.15) is 71.6 Å². The Labute approximate surface area is 820 Å². The molecule has 8 aliphatic rings. The predicted molar refractivity (Wildman–Crippen MR) is 510 cm³/mol. The largest absolute Gasteiger partial charge is 0.493 e. The van der Waals surface area contributed by atoms with Crippen LogP contribution in [0.5, 0.6) is 23.0 Å². The fourth-order valence-electron chi connectivity index (χ4n) is 19.7. The molecule has 0 spiro atoms. The summed E-state index contributed by atoms with van der Waals surface area (Å²) >= 11 is 3.76. The van der Waals surface area contributed by atoms with Crippen LogP contribution >= 0.6 is 46.1 Å². The van der Waals surface area contributed by atoms with Gasteiger partial charge in [-0.25, -0.2) is 88.7 Å². The highest BCUT2D eigenvalue weighted by molar-refractivity contribution is 7.93. The SMILES string of the molecule is CC(C)(O)[C@H]1CCN([C@@H]2CCOc3cc(S(=O)(=O)Nc4ncns4)ccc32)[C@@H](c2ccc(F)cc2)C1.CC(C)(O)[C@H]1CCN([C@H]2CCOc3cc(S(=O)(=O)Nc4ncns4)ccc32)[C@@H](c2ccc(F)cc2)C1.O=S(=O)(Nc1ncns1)c1ccc2c(c1)OCC[C@@H]2N1CCC(F)(F)C[C@H]1c1ccc(F)cc1.O=S(=O)(Nc1ncns1)c1ccc2c(c1)OCC[C@H]2N1CCC(F)(F)C[C@H]1c1ccc(F)cc1. The molecule has 30 nitrogen and oxygen atoms in total. The van der Waals surface area contributed by atoms with Gasteiger partial charge < -0.3 is 29.2 Å². The van der Waals surface area contributed by atoms with Gasteiger partial charge in [-0.1, -0.05) is 72.8 Å². The molecule has 0 radical (unpaired) electrons. The number of sulfonamides is 4. The molecule has 6 N–H and O–H groups in total. The molecule has 20 rings (SSSR count). The summed E-state index contributed by atoms with van der Waals surface area (Å²) in [6, 6.07) is 41.8. The minimum absolute atomic E-state index is 0.000524. The van der Waals surface area contributed by atoms with E-state index in [4.69, 9.17) is 18.9 Å². The van der Waals surface area contributed by atoms with E-state index in [-0.39, 0.29) is 139 Å².